The van der Waals surface area contributed by atoms with Gasteiger partial charge in [0, 0.05) is 12.5 Å². The van der Waals surface area contributed by atoms with E-state index in [1.807, 2.05) is 23.2 Å². The zero-order valence-electron chi connectivity index (χ0n) is 11.8. The number of rotatable bonds is 3. The molecule has 3 nitrogen and oxygen atoms in total. The maximum absolute atomic E-state index is 4.68. The highest BCUT2D eigenvalue weighted by Crippen LogP contribution is 2.32. The molecule has 104 valence electrons. The fourth-order valence-corrected chi connectivity index (χ4v) is 3.00. The van der Waals surface area contributed by atoms with E-state index in [9.17, 15) is 0 Å². The lowest BCUT2D eigenvalue weighted by Gasteiger charge is -2.22. The summed E-state index contributed by atoms with van der Waals surface area (Å²) in [5, 5.41) is 6.54. The van der Waals surface area contributed by atoms with Crippen LogP contribution < -0.4 is 5.01 Å². The minimum Gasteiger partial charge on any atom is -0.323 e. The third kappa shape index (κ3) is 2.40. The highest BCUT2D eigenvalue weighted by molar-refractivity contribution is 5.89. The summed E-state index contributed by atoms with van der Waals surface area (Å²) in [4.78, 5) is 2.22. The standard InChI is InChI=1S/C18H17N3/c1-3-7-15(8-4-1)13-17-11-12-18-19-21(14-20(17)18)16-9-5-2-6-10-16/h1-10,17H,11-13H2/t17-/m1/s1. The molecule has 2 aliphatic heterocycles. The van der Waals surface area contributed by atoms with Crippen molar-refractivity contribution < 1.29 is 0 Å². The summed E-state index contributed by atoms with van der Waals surface area (Å²) >= 11 is 0. The van der Waals surface area contributed by atoms with Crippen LogP contribution in [0.15, 0.2) is 65.8 Å². The molecular formula is C18H17N3. The van der Waals surface area contributed by atoms with Crippen molar-refractivity contribution in [2.75, 3.05) is 5.01 Å². The second-order valence-electron chi connectivity index (χ2n) is 5.52. The third-order valence-corrected chi connectivity index (χ3v) is 4.08. The van der Waals surface area contributed by atoms with E-state index in [1.165, 1.54) is 5.56 Å². The average molecular weight is 275 g/mol. The highest BCUT2D eigenvalue weighted by Gasteiger charge is 2.36. The van der Waals surface area contributed by atoms with Gasteiger partial charge in [-0.1, -0.05) is 48.5 Å². The number of benzene rings is 2. The highest BCUT2D eigenvalue weighted by atomic mass is 15.6. The molecule has 2 heterocycles. The van der Waals surface area contributed by atoms with E-state index in [0.29, 0.717) is 6.04 Å². The molecule has 1 atom stereocenters. The minimum atomic E-state index is 0.472. The van der Waals surface area contributed by atoms with Crippen LogP contribution in [0.2, 0.25) is 0 Å². The van der Waals surface area contributed by atoms with Crippen LogP contribution in [0.1, 0.15) is 18.4 Å². The van der Waals surface area contributed by atoms with Crippen molar-refractivity contribution in [1.82, 2.24) is 4.90 Å². The van der Waals surface area contributed by atoms with Crippen molar-refractivity contribution in [1.29, 1.82) is 0 Å². The van der Waals surface area contributed by atoms with Crippen molar-refractivity contribution >= 4 is 11.5 Å². The first kappa shape index (κ1) is 12.5. The SMILES string of the molecule is [C]1N(c2ccccc2)N=C2CC[C@H](Cc3ccccc3)N12. The van der Waals surface area contributed by atoms with E-state index < -0.39 is 0 Å². The zero-order valence-corrected chi connectivity index (χ0v) is 11.8. The Hall–Kier alpha value is -2.29. The molecular weight excluding hydrogens is 258 g/mol. The Kier molecular flexibility index (Phi) is 3.11. The van der Waals surface area contributed by atoms with Gasteiger partial charge in [0.2, 0.25) is 6.67 Å². The number of hydrogen-bond donors (Lipinski definition) is 0. The summed E-state index contributed by atoms with van der Waals surface area (Å²) in [6.45, 7) is 3.40. The Morgan fingerprint density at radius 2 is 1.71 bits per heavy atom. The lowest BCUT2D eigenvalue weighted by molar-refractivity contribution is 0.396. The van der Waals surface area contributed by atoms with Crippen molar-refractivity contribution in [3.63, 3.8) is 0 Å². The van der Waals surface area contributed by atoms with E-state index in [1.54, 1.807) is 0 Å². The molecule has 1 fully saturated rings. The van der Waals surface area contributed by atoms with Crippen molar-refractivity contribution in [2.45, 2.75) is 25.3 Å². The summed E-state index contributed by atoms with van der Waals surface area (Å²) in [7, 11) is 0. The van der Waals surface area contributed by atoms with Gasteiger partial charge in [-0.15, -0.1) is 0 Å². The minimum absolute atomic E-state index is 0.472. The number of amidine groups is 1. The first-order valence-corrected chi connectivity index (χ1v) is 7.42. The van der Waals surface area contributed by atoms with Gasteiger partial charge in [-0.05, 0) is 30.5 Å². The average Bonchev–Trinajstić information content (AvgIpc) is 3.11. The van der Waals surface area contributed by atoms with E-state index in [-0.39, 0.29) is 0 Å². The summed E-state index contributed by atoms with van der Waals surface area (Å²) in [6, 6.07) is 21.3. The fraction of sp³-hybridized carbons (Fsp3) is 0.222. The van der Waals surface area contributed by atoms with Crippen LogP contribution >= 0.6 is 0 Å². The predicted molar refractivity (Wildman–Crippen MR) is 84.6 cm³/mol. The molecule has 0 aromatic heterocycles. The van der Waals surface area contributed by atoms with Crippen LogP contribution in [-0.2, 0) is 6.42 Å². The molecule has 2 aromatic carbocycles. The second kappa shape index (κ2) is 5.24. The first-order valence-electron chi connectivity index (χ1n) is 7.42. The lowest BCUT2D eigenvalue weighted by Crippen LogP contribution is -2.31. The fourth-order valence-electron chi connectivity index (χ4n) is 3.00. The molecule has 1 saturated heterocycles. The molecule has 2 radical (unpaired) electrons. The number of hydrazone groups is 1. The van der Waals surface area contributed by atoms with Crippen LogP contribution in [0.5, 0.6) is 0 Å². The molecule has 0 unspecified atom stereocenters. The molecule has 21 heavy (non-hydrogen) atoms. The van der Waals surface area contributed by atoms with Gasteiger partial charge < -0.3 is 4.90 Å². The summed E-state index contributed by atoms with van der Waals surface area (Å²) in [6.07, 6.45) is 3.24. The van der Waals surface area contributed by atoms with Gasteiger partial charge in [0.15, 0.2) is 0 Å². The van der Waals surface area contributed by atoms with Gasteiger partial charge in [0.05, 0.1) is 5.69 Å². The molecule has 0 bridgehead atoms. The monoisotopic (exact) mass is 275 g/mol. The van der Waals surface area contributed by atoms with E-state index in [2.05, 4.69) is 59.1 Å². The normalized spacial score (nSPS) is 20.6. The molecule has 0 amide bonds. The van der Waals surface area contributed by atoms with Crippen molar-refractivity contribution in [2.24, 2.45) is 5.10 Å². The van der Waals surface area contributed by atoms with Gasteiger partial charge in [-0.2, -0.15) is 5.10 Å². The van der Waals surface area contributed by atoms with Gasteiger partial charge in [0.25, 0.3) is 0 Å². The van der Waals surface area contributed by atoms with Crippen LogP contribution in [0.4, 0.5) is 5.69 Å². The molecule has 3 heteroatoms. The number of hydrogen-bond acceptors (Lipinski definition) is 3. The molecule has 0 spiro atoms. The van der Waals surface area contributed by atoms with Crippen LogP contribution in [0.3, 0.4) is 0 Å². The van der Waals surface area contributed by atoms with Gasteiger partial charge in [-0.25, -0.2) is 5.01 Å². The Labute approximate surface area is 125 Å². The number of nitrogens with zero attached hydrogens (tertiary/aromatic N) is 3. The Balaban J connectivity index is 1.49. The second-order valence-corrected chi connectivity index (χ2v) is 5.52. The van der Waals surface area contributed by atoms with Crippen LogP contribution in [0, 0.1) is 6.67 Å². The quantitative estimate of drug-likeness (QED) is 0.853. The Bertz CT molecular complexity index is 636. The maximum atomic E-state index is 4.68. The molecule has 2 aromatic rings. The maximum Gasteiger partial charge on any atom is 0.233 e. The lowest BCUT2D eigenvalue weighted by atomic mass is 10.0. The van der Waals surface area contributed by atoms with Crippen LogP contribution in [0.25, 0.3) is 0 Å². The number of fused-ring (bicyclic) bond motifs is 1. The summed E-state index contributed by atoms with van der Waals surface area (Å²) in [5.41, 5.74) is 2.45. The zero-order chi connectivity index (χ0) is 14.1. The topological polar surface area (TPSA) is 18.8 Å². The first-order chi connectivity index (χ1) is 10.4. The van der Waals surface area contributed by atoms with Crippen molar-refractivity contribution in [3.05, 3.63) is 72.9 Å². The summed E-state index contributed by atoms with van der Waals surface area (Å²) < 4.78 is 0. The number of para-hydroxylation sites is 1. The van der Waals surface area contributed by atoms with E-state index in [4.69, 9.17) is 0 Å². The smallest absolute Gasteiger partial charge is 0.233 e. The largest absolute Gasteiger partial charge is 0.323 e. The molecule has 0 N–H and O–H groups in total. The third-order valence-electron chi connectivity index (χ3n) is 4.08. The van der Waals surface area contributed by atoms with Gasteiger partial charge >= 0.3 is 0 Å². The number of anilines is 1. The Morgan fingerprint density at radius 3 is 2.48 bits per heavy atom. The molecule has 0 saturated carbocycles. The Morgan fingerprint density at radius 1 is 1.00 bits per heavy atom. The molecule has 4 rings (SSSR count). The molecule has 2 aliphatic rings. The van der Waals surface area contributed by atoms with Gasteiger partial charge in [-0.3, -0.25) is 0 Å². The molecule has 0 aliphatic carbocycles. The van der Waals surface area contributed by atoms with Crippen LogP contribution in [-0.4, -0.2) is 16.8 Å². The predicted octanol–water partition coefficient (Wildman–Crippen LogP) is 3.52. The van der Waals surface area contributed by atoms with E-state index in [0.717, 1.165) is 30.8 Å². The van der Waals surface area contributed by atoms with Gasteiger partial charge in [0.1, 0.15) is 5.84 Å². The summed E-state index contributed by atoms with van der Waals surface area (Å²) in [5.74, 6) is 1.14. The van der Waals surface area contributed by atoms with E-state index >= 15 is 0 Å². The van der Waals surface area contributed by atoms with Crippen molar-refractivity contribution in [3.8, 4) is 0 Å².